The monoisotopic (exact) mass is 271 g/mol. The zero-order valence-electron chi connectivity index (χ0n) is 11.0. The Bertz CT molecular complexity index is 443. The van der Waals surface area contributed by atoms with Gasteiger partial charge in [0.15, 0.2) is 5.82 Å². The van der Waals surface area contributed by atoms with Crippen molar-refractivity contribution in [2.45, 2.75) is 33.4 Å². The van der Waals surface area contributed by atoms with Crippen LogP contribution in [0.2, 0.25) is 0 Å². The minimum absolute atomic E-state index is 0.00762. The van der Waals surface area contributed by atoms with Gasteiger partial charge in [0.25, 0.3) is 5.89 Å². The van der Waals surface area contributed by atoms with Gasteiger partial charge in [-0.3, -0.25) is 4.79 Å². The number of aromatic nitrogens is 2. The Kier molecular flexibility index (Phi) is 5.43. The van der Waals surface area contributed by atoms with Crippen LogP contribution in [-0.4, -0.2) is 39.8 Å². The smallest absolute Gasteiger partial charge is 0.326 e. The molecule has 2 N–H and O–H groups in total. The molecule has 0 aliphatic carbocycles. The van der Waals surface area contributed by atoms with Crippen molar-refractivity contribution in [2.75, 3.05) is 6.61 Å². The summed E-state index contributed by atoms with van der Waals surface area (Å²) < 4.78 is 9.85. The molecule has 8 nitrogen and oxygen atoms in total. The predicted molar refractivity (Wildman–Crippen MR) is 63.1 cm³/mol. The van der Waals surface area contributed by atoms with E-state index in [9.17, 15) is 9.59 Å². The van der Waals surface area contributed by atoms with Gasteiger partial charge in [-0.05, 0) is 12.8 Å². The minimum atomic E-state index is -1.07. The van der Waals surface area contributed by atoms with Crippen molar-refractivity contribution < 1.29 is 24.0 Å². The summed E-state index contributed by atoms with van der Waals surface area (Å²) in [6.07, 6.45) is 0. The maximum atomic E-state index is 11.5. The van der Waals surface area contributed by atoms with Gasteiger partial charge in [-0.25, -0.2) is 4.79 Å². The normalized spacial score (nSPS) is 12.4. The minimum Gasteiger partial charge on any atom is -0.480 e. The van der Waals surface area contributed by atoms with Crippen molar-refractivity contribution >= 4 is 11.9 Å². The number of carbonyl (C=O) groups excluding carboxylic acids is 1. The number of carboxylic acid groups (broad SMARTS) is 1. The summed E-state index contributed by atoms with van der Waals surface area (Å²) >= 11 is 0. The maximum absolute atomic E-state index is 11.5. The zero-order valence-corrected chi connectivity index (χ0v) is 11.0. The van der Waals surface area contributed by atoms with Gasteiger partial charge in [0.05, 0.1) is 0 Å². The van der Waals surface area contributed by atoms with Gasteiger partial charge in [-0.2, -0.15) is 4.98 Å². The molecule has 0 aliphatic rings. The molecule has 0 bridgehead atoms. The van der Waals surface area contributed by atoms with Crippen molar-refractivity contribution in [3.05, 3.63) is 11.7 Å². The van der Waals surface area contributed by atoms with Crippen molar-refractivity contribution in [1.82, 2.24) is 15.5 Å². The lowest BCUT2D eigenvalue weighted by molar-refractivity contribution is -0.144. The molecule has 0 radical (unpaired) electrons. The standard InChI is InChI=1S/C11H17N3O5/c1-6(2)10(11(16)17)13-8(15)4-18-5-9-12-7(3)14-19-9/h6,10H,4-5H2,1-3H3,(H,13,15)(H,16,17)/t10-/m0/s1. The highest BCUT2D eigenvalue weighted by molar-refractivity contribution is 5.84. The molecule has 0 aliphatic heterocycles. The lowest BCUT2D eigenvalue weighted by Gasteiger charge is -2.17. The number of hydrogen-bond donors (Lipinski definition) is 2. The summed E-state index contributed by atoms with van der Waals surface area (Å²) in [6, 6.07) is -0.929. The topological polar surface area (TPSA) is 115 Å². The molecule has 0 saturated heterocycles. The SMILES string of the molecule is Cc1noc(COCC(=O)N[C@H](C(=O)O)C(C)C)n1. The number of nitrogens with one attached hydrogen (secondary N) is 1. The van der Waals surface area contributed by atoms with Crippen LogP contribution in [0.4, 0.5) is 0 Å². The van der Waals surface area contributed by atoms with Crippen LogP contribution in [0.1, 0.15) is 25.6 Å². The van der Waals surface area contributed by atoms with Gasteiger partial charge >= 0.3 is 5.97 Å². The van der Waals surface area contributed by atoms with Crippen molar-refractivity contribution in [1.29, 1.82) is 0 Å². The van der Waals surface area contributed by atoms with Crippen molar-refractivity contribution in [2.24, 2.45) is 5.92 Å². The first-order valence-corrected chi connectivity index (χ1v) is 5.79. The summed E-state index contributed by atoms with van der Waals surface area (Å²) in [6.45, 7) is 4.83. The first kappa shape index (κ1) is 15.1. The molecule has 0 fully saturated rings. The van der Waals surface area contributed by atoms with Gasteiger partial charge in [0.1, 0.15) is 19.3 Å². The van der Waals surface area contributed by atoms with Crippen molar-refractivity contribution in [3.8, 4) is 0 Å². The van der Waals surface area contributed by atoms with Gasteiger partial charge in [-0.15, -0.1) is 0 Å². The Morgan fingerprint density at radius 3 is 2.63 bits per heavy atom. The third kappa shape index (κ3) is 5.04. The first-order chi connectivity index (χ1) is 8.90. The van der Waals surface area contributed by atoms with E-state index in [1.54, 1.807) is 20.8 Å². The van der Waals surface area contributed by atoms with E-state index < -0.39 is 17.9 Å². The highest BCUT2D eigenvalue weighted by Crippen LogP contribution is 2.02. The zero-order chi connectivity index (χ0) is 14.4. The fourth-order valence-electron chi connectivity index (χ4n) is 1.36. The lowest BCUT2D eigenvalue weighted by Crippen LogP contribution is -2.45. The second-order valence-corrected chi connectivity index (χ2v) is 4.36. The van der Waals surface area contributed by atoms with Crippen molar-refractivity contribution in [3.63, 3.8) is 0 Å². The fourth-order valence-corrected chi connectivity index (χ4v) is 1.36. The van der Waals surface area contributed by atoms with E-state index in [0.717, 1.165) is 0 Å². The van der Waals surface area contributed by atoms with Crippen LogP contribution in [0.25, 0.3) is 0 Å². The molecule has 1 aromatic rings. The molecular formula is C11H17N3O5. The molecular weight excluding hydrogens is 254 g/mol. The van der Waals surface area contributed by atoms with Gasteiger partial charge < -0.3 is 19.7 Å². The van der Waals surface area contributed by atoms with E-state index in [1.165, 1.54) is 0 Å². The summed E-state index contributed by atoms with van der Waals surface area (Å²) in [5, 5.41) is 14.9. The fraction of sp³-hybridized carbons (Fsp3) is 0.636. The molecule has 0 aromatic carbocycles. The van der Waals surface area contributed by atoms with Gasteiger partial charge in [0.2, 0.25) is 5.91 Å². The Labute approximate surface area is 110 Å². The Morgan fingerprint density at radius 2 is 2.16 bits per heavy atom. The number of aliphatic carboxylic acids is 1. The van der Waals surface area contributed by atoms with Gasteiger partial charge in [0, 0.05) is 0 Å². The van der Waals surface area contributed by atoms with Crippen LogP contribution in [0.5, 0.6) is 0 Å². The van der Waals surface area contributed by atoms with Crippen LogP contribution in [0.15, 0.2) is 4.52 Å². The molecule has 0 spiro atoms. The molecule has 1 aromatic heterocycles. The Balaban J connectivity index is 2.33. The number of carboxylic acids is 1. The Hall–Kier alpha value is -1.96. The molecule has 0 saturated carbocycles. The second-order valence-electron chi connectivity index (χ2n) is 4.36. The summed E-state index contributed by atoms with van der Waals surface area (Å²) in [5.41, 5.74) is 0. The van der Waals surface area contributed by atoms with Crippen LogP contribution in [0.3, 0.4) is 0 Å². The molecule has 8 heteroatoms. The number of amides is 1. The number of hydrogen-bond acceptors (Lipinski definition) is 6. The number of aryl methyl sites for hydroxylation is 1. The molecule has 19 heavy (non-hydrogen) atoms. The molecule has 1 rings (SSSR count). The third-order valence-corrected chi connectivity index (χ3v) is 2.28. The molecule has 0 unspecified atom stereocenters. The second kappa shape index (κ2) is 6.83. The van der Waals surface area contributed by atoms with Crippen LogP contribution in [-0.2, 0) is 20.9 Å². The maximum Gasteiger partial charge on any atom is 0.326 e. The molecule has 106 valence electrons. The molecule has 1 heterocycles. The number of carbonyl (C=O) groups is 2. The van der Waals surface area contributed by atoms with Crippen LogP contribution >= 0.6 is 0 Å². The van der Waals surface area contributed by atoms with Gasteiger partial charge in [-0.1, -0.05) is 19.0 Å². The summed E-state index contributed by atoms with van der Waals surface area (Å²) in [4.78, 5) is 26.3. The average molecular weight is 271 g/mol. The van der Waals surface area contributed by atoms with E-state index in [2.05, 4.69) is 15.5 Å². The average Bonchev–Trinajstić information content (AvgIpc) is 2.71. The summed E-state index contributed by atoms with van der Waals surface area (Å²) in [5.74, 6) is -1.04. The third-order valence-electron chi connectivity index (χ3n) is 2.28. The van der Waals surface area contributed by atoms with E-state index in [4.69, 9.17) is 14.4 Å². The highest BCUT2D eigenvalue weighted by atomic mass is 16.5. The number of nitrogens with zero attached hydrogens (tertiary/aromatic N) is 2. The van der Waals surface area contributed by atoms with Crippen LogP contribution < -0.4 is 5.32 Å². The quantitative estimate of drug-likeness (QED) is 0.723. The predicted octanol–water partition coefficient (Wildman–Crippen LogP) is 0.120. The number of rotatable bonds is 7. The van der Waals surface area contributed by atoms with E-state index in [1.807, 2.05) is 0 Å². The van der Waals surface area contributed by atoms with Crippen LogP contribution in [0, 0.1) is 12.8 Å². The van der Waals surface area contributed by atoms with E-state index in [-0.39, 0.29) is 25.0 Å². The largest absolute Gasteiger partial charge is 0.480 e. The summed E-state index contributed by atoms with van der Waals surface area (Å²) in [7, 11) is 0. The first-order valence-electron chi connectivity index (χ1n) is 5.79. The molecule has 1 amide bonds. The lowest BCUT2D eigenvalue weighted by atomic mass is 10.1. The van der Waals surface area contributed by atoms with E-state index in [0.29, 0.717) is 5.82 Å². The van der Waals surface area contributed by atoms with E-state index >= 15 is 0 Å². The Morgan fingerprint density at radius 1 is 1.47 bits per heavy atom. The highest BCUT2D eigenvalue weighted by Gasteiger charge is 2.23. The number of ether oxygens (including phenoxy) is 1. The molecule has 1 atom stereocenters.